The highest BCUT2D eigenvalue weighted by molar-refractivity contribution is 5.79. The topological polar surface area (TPSA) is 46.3 Å². The number of carbonyl (C=O) groups excluding carboxylic acids is 1. The standard InChI is InChI=1S/C14H26N2O/c1-11-7-9-16(10-8-11)14(17)12-5-3-2-4-6-13(12)15/h11-13H,2-10,15H2,1H3. The molecule has 0 aromatic carbocycles. The van der Waals surface area contributed by atoms with E-state index in [1.807, 2.05) is 0 Å². The van der Waals surface area contributed by atoms with Crippen molar-refractivity contribution in [3.05, 3.63) is 0 Å². The third-order valence-electron chi connectivity index (χ3n) is 4.48. The van der Waals surface area contributed by atoms with Crippen LogP contribution in [0.5, 0.6) is 0 Å². The molecule has 1 amide bonds. The molecule has 0 spiro atoms. The molecule has 1 heterocycles. The van der Waals surface area contributed by atoms with E-state index in [2.05, 4.69) is 11.8 Å². The van der Waals surface area contributed by atoms with Gasteiger partial charge in [-0.15, -0.1) is 0 Å². The van der Waals surface area contributed by atoms with Gasteiger partial charge < -0.3 is 10.6 Å². The Morgan fingerprint density at radius 2 is 1.71 bits per heavy atom. The molecule has 1 saturated heterocycles. The molecule has 17 heavy (non-hydrogen) atoms. The van der Waals surface area contributed by atoms with Crippen molar-refractivity contribution in [3.63, 3.8) is 0 Å². The molecule has 2 aliphatic rings. The minimum Gasteiger partial charge on any atom is -0.342 e. The summed E-state index contributed by atoms with van der Waals surface area (Å²) < 4.78 is 0. The summed E-state index contributed by atoms with van der Waals surface area (Å²) in [6.45, 7) is 4.17. The summed E-state index contributed by atoms with van der Waals surface area (Å²) in [4.78, 5) is 14.5. The molecule has 3 heteroatoms. The van der Waals surface area contributed by atoms with Crippen molar-refractivity contribution >= 4 is 5.91 Å². The van der Waals surface area contributed by atoms with Crippen LogP contribution in [0.25, 0.3) is 0 Å². The summed E-state index contributed by atoms with van der Waals surface area (Å²) in [5, 5.41) is 0. The average Bonchev–Trinajstić information content (AvgIpc) is 2.54. The van der Waals surface area contributed by atoms with E-state index >= 15 is 0 Å². The Morgan fingerprint density at radius 1 is 1.06 bits per heavy atom. The third kappa shape index (κ3) is 3.21. The second-order valence-corrected chi connectivity index (χ2v) is 5.92. The maximum atomic E-state index is 12.5. The highest BCUT2D eigenvalue weighted by atomic mass is 16.2. The largest absolute Gasteiger partial charge is 0.342 e. The summed E-state index contributed by atoms with van der Waals surface area (Å²) in [6, 6.07) is 0.101. The number of piperidine rings is 1. The fourth-order valence-corrected chi connectivity index (χ4v) is 3.11. The molecule has 98 valence electrons. The molecule has 1 aliphatic heterocycles. The van der Waals surface area contributed by atoms with Crippen molar-refractivity contribution in [2.75, 3.05) is 13.1 Å². The highest BCUT2D eigenvalue weighted by Crippen LogP contribution is 2.26. The van der Waals surface area contributed by atoms with Crippen LogP contribution in [0.15, 0.2) is 0 Å². The molecule has 1 saturated carbocycles. The Labute approximate surface area is 105 Å². The molecule has 2 atom stereocenters. The van der Waals surface area contributed by atoms with Gasteiger partial charge in [-0.05, 0) is 31.6 Å². The van der Waals surface area contributed by atoms with Gasteiger partial charge in [0, 0.05) is 19.1 Å². The lowest BCUT2D eigenvalue weighted by molar-refractivity contribution is -0.137. The lowest BCUT2D eigenvalue weighted by Crippen LogP contribution is -2.46. The maximum Gasteiger partial charge on any atom is 0.227 e. The van der Waals surface area contributed by atoms with E-state index in [1.54, 1.807) is 0 Å². The van der Waals surface area contributed by atoms with Gasteiger partial charge in [-0.1, -0.05) is 26.2 Å². The first-order chi connectivity index (χ1) is 8.18. The van der Waals surface area contributed by atoms with Crippen molar-refractivity contribution in [2.24, 2.45) is 17.6 Å². The number of carbonyl (C=O) groups is 1. The number of hydrogen-bond acceptors (Lipinski definition) is 2. The van der Waals surface area contributed by atoms with Crippen LogP contribution in [0, 0.1) is 11.8 Å². The van der Waals surface area contributed by atoms with Gasteiger partial charge >= 0.3 is 0 Å². The summed E-state index contributed by atoms with van der Waals surface area (Å²) in [7, 11) is 0. The molecule has 1 aliphatic carbocycles. The van der Waals surface area contributed by atoms with Gasteiger partial charge in [-0.25, -0.2) is 0 Å². The second kappa shape index (κ2) is 5.85. The van der Waals surface area contributed by atoms with Crippen LogP contribution in [-0.2, 0) is 4.79 Å². The lowest BCUT2D eigenvalue weighted by Gasteiger charge is -2.34. The smallest absolute Gasteiger partial charge is 0.227 e. The van der Waals surface area contributed by atoms with Crippen LogP contribution in [0.2, 0.25) is 0 Å². The van der Waals surface area contributed by atoms with Gasteiger partial charge in [0.05, 0.1) is 5.92 Å². The first-order valence-corrected chi connectivity index (χ1v) is 7.23. The van der Waals surface area contributed by atoms with E-state index < -0.39 is 0 Å². The lowest BCUT2D eigenvalue weighted by atomic mass is 9.92. The summed E-state index contributed by atoms with van der Waals surface area (Å²) >= 11 is 0. The molecule has 3 nitrogen and oxygen atoms in total. The minimum atomic E-state index is 0.101. The first-order valence-electron chi connectivity index (χ1n) is 7.23. The molecule has 2 fully saturated rings. The van der Waals surface area contributed by atoms with E-state index in [9.17, 15) is 4.79 Å². The zero-order valence-electron chi connectivity index (χ0n) is 11.0. The second-order valence-electron chi connectivity index (χ2n) is 5.92. The highest BCUT2D eigenvalue weighted by Gasteiger charge is 2.31. The predicted octanol–water partition coefficient (Wildman–Crippen LogP) is 2.15. The Balaban J connectivity index is 1.93. The number of hydrogen-bond donors (Lipinski definition) is 1. The van der Waals surface area contributed by atoms with Crippen LogP contribution < -0.4 is 5.73 Å². The normalized spacial score (nSPS) is 32.2. The molecule has 0 aromatic heterocycles. The SMILES string of the molecule is CC1CCN(C(=O)C2CCCCCC2N)CC1. The Kier molecular flexibility index (Phi) is 4.43. The van der Waals surface area contributed by atoms with Gasteiger partial charge in [0.25, 0.3) is 0 Å². The van der Waals surface area contributed by atoms with Gasteiger partial charge in [-0.3, -0.25) is 4.79 Å². The van der Waals surface area contributed by atoms with E-state index in [4.69, 9.17) is 5.73 Å². The Morgan fingerprint density at radius 3 is 2.41 bits per heavy atom. The van der Waals surface area contributed by atoms with Crippen molar-refractivity contribution in [3.8, 4) is 0 Å². The number of nitrogens with two attached hydrogens (primary N) is 1. The Bertz CT molecular complexity index is 259. The molecular weight excluding hydrogens is 212 g/mol. The number of rotatable bonds is 1. The zero-order chi connectivity index (χ0) is 12.3. The summed E-state index contributed by atoms with van der Waals surface area (Å²) in [5.74, 6) is 1.22. The Hall–Kier alpha value is -0.570. The maximum absolute atomic E-state index is 12.5. The van der Waals surface area contributed by atoms with Crippen LogP contribution in [0.1, 0.15) is 51.9 Å². The van der Waals surface area contributed by atoms with Crippen LogP contribution in [0.3, 0.4) is 0 Å². The molecule has 2 N–H and O–H groups in total. The quantitative estimate of drug-likeness (QED) is 0.712. The molecule has 0 aromatic rings. The minimum absolute atomic E-state index is 0.101. The molecule has 2 rings (SSSR count). The van der Waals surface area contributed by atoms with Crippen molar-refractivity contribution < 1.29 is 4.79 Å². The predicted molar refractivity (Wildman–Crippen MR) is 69.5 cm³/mol. The van der Waals surface area contributed by atoms with Gasteiger partial charge in [0.15, 0.2) is 0 Å². The van der Waals surface area contributed by atoms with Crippen LogP contribution >= 0.6 is 0 Å². The van der Waals surface area contributed by atoms with Gasteiger partial charge in [0.1, 0.15) is 0 Å². The van der Waals surface area contributed by atoms with Gasteiger partial charge in [0.2, 0.25) is 5.91 Å². The summed E-state index contributed by atoms with van der Waals surface area (Å²) in [6.07, 6.45) is 7.97. The first kappa shape index (κ1) is 12.9. The monoisotopic (exact) mass is 238 g/mol. The van der Waals surface area contributed by atoms with Crippen molar-refractivity contribution in [1.29, 1.82) is 0 Å². The number of amides is 1. The van der Waals surface area contributed by atoms with Gasteiger partial charge in [-0.2, -0.15) is 0 Å². The summed E-state index contributed by atoms with van der Waals surface area (Å²) in [5.41, 5.74) is 6.17. The molecule has 0 radical (unpaired) electrons. The van der Waals surface area contributed by atoms with Crippen LogP contribution in [-0.4, -0.2) is 29.9 Å². The van der Waals surface area contributed by atoms with E-state index in [-0.39, 0.29) is 12.0 Å². The number of likely N-dealkylation sites (tertiary alicyclic amines) is 1. The fraction of sp³-hybridized carbons (Fsp3) is 0.929. The van der Waals surface area contributed by atoms with E-state index in [0.29, 0.717) is 5.91 Å². The third-order valence-corrected chi connectivity index (χ3v) is 4.48. The van der Waals surface area contributed by atoms with Crippen molar-refractivity contribution in [1.82, 2.24) is 4.90 Å². The fourth-order valence-electron chi connectivity index (χ4n) is 3.11. The molecular formula is C14H26N2O. The molecule has 0 bridgehead atoms. The average molecular weight is 238 g/mol. The van der Waals surface area contributed by atoms with Crippen LogP contribution in [0.4, 0.5) is 0 Å². The zero-order valence-corrected chi connectivity index (χ0v) is 11.0. The molecule has 2 unspecified atom stereocenters. The van der Waals surface area contributed by atoms with Crippen molar-refractivity contribution in [2.45, 2.75) is 57.9 Å². The number of nitrogens with zero attached hydrogens (tertiary/aromatic N) is 1. The van der Waals surface area contributed by atoms with E-state index in [0.717, 1.165) is 44.7 Å². The van der Waals surface area contributed by atoms with E-state index in [1.165, 1.54) is 19.3 Å².